The number of nitrogen functional groups attached to an aromatic ring is 1. The van der Waals surface area contributed by atoms with Gasteiger partial charge in [-0.2, -0.15) is 0 Å². The first kappa shape index (κ1) is 13.6. The van der Waals surface area contributed by atoms with E-state index in [4.69, 9.17) is 5.73 Å². The van der Waals surface area contributed by atoms with Crippen molar-refractivity contribution >= 4 is 23.1 Å². The van der Waals surface area contributed by atoms with Crippen molar-refractivity contribution in [3.05, 3.63) is 64.5 Å². The number of fused-ring (bicyclic) bond motifs is 1. The minimum absolute atomic E-state index is 0.0676. The molecule has 2 N–H and O–H groups in total. The lowest BCUT2D eigenvalue weighted by atomic mass is 10.3. The fourth-order valence-electron chi connectivity index (χ4n) is 2.06. The Morgan fingerprint density at radius 2 is 2.24 bits per heavy atom. The van der Waals surface area contributed by atoms with Crippen LogP contribution in [0.4, 0.5) is 5.69 Å². The van der Waals surface area contributed by atoms with E-state index in [0.717, 1.165) is 16.2 Å². The van der Waals surface area contributed by atoms with Crippen molar-refractivity contribution in [2.24, 2.45) is 0 Å². The fraction of sp³-hybridized carbons (Fsp3) is 0.133. The summed E-state index contributed by atoms with van der Waals surface area (Å²) >= 11 is 1.55. The van der Waals surface area contributed by atoms with Gasteiger partial charge < -0.3 is 5.73 Å². The van der Waals surface area contributed by atoms with E-state index in [2.05, 4.69) is 9.97 Å². The molecule has 3 heterocycles. The summed E-state index contributed by atoms with van der Waals surface area (Å²) in [6.45, 7) is 1.94. The summed E-state index contributed by atoms with van der Waals surface area (Å²) in [6.07, 6.45) is 5.05. The molecule has 0 bridgehead atoms. The van der Waals surface area contributed by atoms with E-state index in [1.807, 2.05) is 25.1 Å². The number of aryl methyl sites for hydroxylation is 1. The number of nitrogens with two attached hydrogens (primary N) is 1. The minimum atomic E-state index is -0.0676. The Bertz CT molecular complexity index is 860. The van der Waals surface area contributed by atoms with Crippen LogP contribution in [-0.4, -0.2) is 14.4 Å². The minimum Gasteiger partial charge on any atom is -0.397 e. The standard InChI is InChI=1S/C15H14N4OS/c1-10-3-2-6-19-14(20)7-11(18-15(10)19)9-21-13-4-5-17-8-12(13)16/h2-8H,9,16H2,1H3. The van der Waals surface area contributed by atoms with Gasteiger partial charge in [-0.25, -0.2) is 4.98 Å². The largest absolute Gasteiger partial charge is 0.397 e. The van der Waals surface area contributed by atoms with E-state index < -0.39 is 0 Å². The molecule has 0 atom stereocenters. The van der Waals surface area contributed by atoms with Gasteiger partial charge in [0.05, 0.1) is 17.6 Å². The molecule has 6 heteroatoms. The lowest BCUT2D eigenvalue weighted by molar-refractivity contribution is 1.00. The normalized spacial score (nSPS) is 10.9. The van der Waals surface area contributed by atoms with Gasteiger partial charge in [0.1, 0.15) is 5.65 Å². The molecule has 5 nitrogen and oxygen atoms in total. The van der Waals surface area contributed by atoms with Crippen LogP contribution in [0, 0.1) is 6.92 Å². The molecule has 0 amide bonds. The first-order chi connectivity index (χ1) is 10.1. The molecule has 0 radical (unpaired) electrons. The third kappa shape index (κ3) is 2.75. The van der Waals surface area contributed by atoms with Crippen LogP contribution in [0.3, 0.4) is 0 Å². The van der Waals surface area contributed by atoms with E-state index in [0.29, 0.717) is 17.1 Å². The second-order valence-corrected chi connectivity index (χ2v) is 5.69. The Morgan fingerprint density at radius 1 is 1.38 bits per heavy atom. The molecule has 0 aromatic carbocycles. The number of hydrogen-bond acceptors (Lipinski definition) is 5. The van der Waals surface area contributed by atoms with Gasteiger partial charge in [-0.3, -0.25) is 14.2 Å². The van der Waals surface area contributed by atoms with Gasteiger partial charge in [0.15, 0.2) is 0 Å². The molecule has 0 unspecified atom stereocenters. The molecule has 0 aliphatic rings. The van der Waals surface area contributed by atoms with Crippen molar-refractivity contribution in [2.45, 2.75) is 17.6 Å². The van der Waals surface area contributed by atoms with Gasteiger partial charge in [-0.05, 0) is 24.6 Å². The molecule has 3 aromatic rings. The summed E-state index contributed by atoms with van der Waals surface area (Å²) in [7, 11) is 0. The van der Waals surface area contributed by atoms with E-state index >= 15 is 0 Å². The van der Waals surface area contributed by atoms with Crippen molar-refractivity contribution in [3.63, 3.8) is 0 Å². The van der Waals surface area contributed by atoms with Crippen LogP contribution in [0.25, 0.3) is 5.65 Å². The van der Waals surface area contributed by atoms with E-state index in [1.165, 1.54) is 0 Å². The average Bonchev–Trinajstić information content (AvgIpc) is 2.48. The molecule has 3 aromatic heterocycles. The molecule has 3 rings (SSSR count). The Hall–Kier alpha value is -2.34. The van der Waals surface area contributed by atoms with Gasteiger partial charge in [0.2, 0.25) is 0 Å². The van der Waals surface area contributed by atoms with Crippen LogP contribution in [0.5, 0.6) is 0 Å². The van der Waals surface area contributed by atoms with E-state index in [1.54, 1.807) is 40.8 Å². The first-order valence-corrected chi connectivity index (χ1v) is 7.44. The molecule has 21 heavy (non-hydrogen) atoms. The zero-order valence-electron chi connectivity index (χ0n) is 11.5. The number of aromatic nitrogens is 3. The van der Waals surface area contributed by atoms with Crippen LogP contribution < -0.4 is 11.3 Å². The van der Waals surface area contributed by atoms with Crippen molar-refractivity contribution in [1.82, 2.24) is 14.4 Å². The second kappa shape index (κ2) is 5.57. The maximum absolute atomic E-state index is 12.1. The van der Waals surface area contributed by atoms with Crippen molar-refractivity contribution in [3.8, 4) is 0 Å². The Labute approximate surface area is 125 Å². The van der Waals surface area contributed by atoms with E-state index in [9.17, 15) is 4.79 Å². The highest BCUT2D eigenvalue weighted by Gasteiger charge is 2.06. The highest BCUT2D eigenvalue weighted by Crippen LogP contribution is 2.26. The van der Waals surface area contributed by atoms with Crippen LogP contribution in [-0.2, 0) is 5.75 Å². The van der Waals surface area contributed by atoms with Gasteiger partial charge in [0.25, 0.3) is 5.56 Å². The smallest absolute Gasteiger partial charge is 0.258 e. The highest BCUT2D eigenvalue weighted by molar-refractivity contribution is 7.98. The lowest BCUT2D eigenvalue weighted by Gasteiger charge is -2.07. The molecule has 0 fully saturated rings. The average molecular weight is 298 g/mol. The molecular formula is C15H14N4OS. The van der Waals surface area contributed by atoms with Crippen molar-refractivity contribution < 1.29 is 0 Å². The molecule has 0 aliphatic heterocycles. The van der Waals surface area contributed by atoms with Crippen LogP contribution in [0.15, 0.2) is 52.5 Å². The van der Waals surface area contributed by atoms with Crippen LogP contribution >= 0.6 is 11.8 Å². The first-order valence-electron chi connectivity index (χ1n) is 6.45. The lowest BCUT2D eigenvalue weighted by Crippen LogP contribution is -2.15. The number of thioether (sulfide) groups is 1. The maximum Gasteiger partial charge on any atom is 0.258 e. The predicted octanol–water partition coefficient (Wildman–Crippen LogP) is 2.27. The second-order valence-electron chi connectivity index (χ2n) is 4.67. The molecule has 106 valence electrons. The summed E-state index contributed by atoms with van der Waals surface area (Å²) in [4.78, 5) is 21.6. The predicted molar refractivity (Wildman–Crippen MR) is 84.4 cm³/mol. The maximum atomic E-state index is 12.1. The Morgan fingerprint density at radius 3 is 3.05 bits per heavy atom. The molecule has 0 saturated heterocycles. The number of hydrogen-bond donors (Lipinski definition) is 1. The van der Waals surface area contributed by atoms with Crippen LogP contribution in [0.2, 0.25) is 0 Å². The summed E-state index contributed by atoms with van der Waals surface area (Å²) < 4.78 is 1.56. The molecule has 0 saturated carbocycles. The summed E-state index contributed by atoms with van der Waals surface area (Å²) in [5.74, 6) is 0.592. The van der Waals surface area contributed by atoms with Gasteiger partial charge >= 0.3 is 0 Å². The fourth-order valence-corrected chi connectivity index (χ4v) is 2.89. The number of pyridine rings is 2. The Balaban J connectivity index is 1.93. The van der Waals surface area contributed by atoms with Gasteiger partial charge in [0, 0.05) is 29.1 Å². The zero-order chi connectivity index (χ0) is 14.8. The summed E-state index contributed by atoms with van der Waals surface area (Å²) in [5.41, 5.74) is 8.85. The van der Waals surface area contributed by atoms with E-state index in [-0.39, 0.29) is 5.56 Å². The number of nitrogens with zero attached hydrogens (tertiary/aromatic N) is 3. The Kier molecular flexibility index (Phi) is 3.62. The SMILES string of the molecule is Cc1cccn2c(=O)cc(CSc3ccncc3N)nc12. The zero-order valence-corrected chi connectivity index (χ0v) is 12.3. The summed E-state index contributed by atoms with van der Waals surface area (Å²) in [5, 5.41) is 0. The van der Waals surface area contributed by atoms with Crippen molar-refractivity contribution in [2.75, 3.05) is 5.73 Å². The quantitative estimate of drug-likeness (QED) is 0.751. The third-order valence-electron chi connectivity index (χ3n) is 3.12. The monoisotopic (exact) mass is 298 g/mol. The van der Waals surface area contributed by atoms with Gasteiger partial charge in [-0.15, -0.1) is 11.8 Å². The van der Waals surface area contributed by atoms with Crippen molar-refractivity contribution in [1.29, 1.82) is 0 Å². The molecule has 0 aliphatic carbocycles. The number of anilines is 1. The summed E-state index contributed by atoms with van der Waals surface area (Å²) in [6, 6.07) is 7.22. The van der Waals surface area contributed by atoms with Crippen LogP contribution in [0.1, 0.15) is 11.3 Å². The number of rotatable bonds is 3. The molecular weight excluding hydrogens is 284 g/mol. The third-order valence-corrected chi connectivity index (χ3v) is 4.25. The highest BCUT2D eigenvalue weighted by atomic mass is 32.2. The topological polar surface area (TPSA) is 73.3 Å². The van der Waals surface area contributed by atoms with Gasteiger partial charge in [-0.1, -0.05) is 6.07 Å². The molecule has 0 spiro atoms.